The zero-order chi connectivity index (χ0) is 14.8. The van der Waals surface area contributed by atoms with Crippen molar-refractivity contribution in [1.82, 2.24) is 0 Å². The van der Waals surface area contributed by atoms with E-state index in [-0.39, 0.29) is 5.92 Å². The molecule has 0 saturated carbocycles. The average Bonchev–Trinajstić information content (AvgIpc) is 2.53. The topological polar surface area (TPSA) is 29.5 Å². The van der Waals surface area contributed by atoms with E-state index in [9.17, 15) is 5.11 Å². The lowest BCUT2D eigenvalue weighted by Gasteiger charge is -2.29. The maximum Gasteiger partial charge on any atom is 0.122 e. The van der Waals surface area contributed by atoms with Gasteiger partial charge in [-0.2, -0.15) is 0 Å². The van der Waals surface area contributed by atoms with Gasteiger partial charge in [0.15, 0.2) is 0 Å². The summed E-state index contributed by atoms with van der Waals surface area (Å²) in [5, 5.41) is 10.8. The summed E-state index contributed by atoms with van der Waals surface area (Å²) in [6, 6.07) is 16.4. The first-order valence-corrected chi connectivity index (χ1v) is 7.66. The number of benzene rings is 2. The van der Waals surface area contributed by atoms with E-state index < -0.39 is 6.10 Å². The Bertz CT molecular complexity index is 601. The second kappa shape index (κ2) is 5.90. The van der Waals surface area contributed by atoms with Crippen LogP contribution in [0.5, 0.6) is 5.75 Å². The molecule has 1 aliphatic heterocycles. The quantitative estimate of drug-likeness (QED) is 0.903. The number of para-hydroxylation sites is 1. The molecule has 1 N–H and O–H groups in total. The van der Waals surface area contributed by atoms with E-state index in [1.807, 2.05) is 18.2 Å². The zero-order valence-electron chi connectivity index (χ0n) is 12.6. The molecule has 2 nitrogen and oxygen atoms in total. The van der Waals surface area contributed by atoms with Crippen LogP contribution in [-0.2, 0) is 0 Å². The molecule has 21 heavy (non-hydrogen) atoms. The van der Waals surface area contributed by atoms with Gasteiger partial charge in [-0.1, -0.05) is 56.3 Å². The van der Waals surface area contributed by atoms with Crippen molar-refractivity contribution >= 4 is 0 Å². The smallest absolute Gasteiger partial charge is 0.122 e. The van der Waals surface area contributed by atoms with Crippen LogP contribution in [-0.4, -0.2) is 11.7 Å². The molecular formula is C19H22O2. The number of rotatable bonds is 3. The van der Waals surface area contributed by atoms with Gasteiger partial charge in [0.2, 0.25) is 0 Å². The molecule has 0 radical (unpaired) electrons. The third-order valence-corrected chi connectivity index (χ3v) is 4.33. The Balaban J connectivity index is 1.87. The Labute approximate surface area is 126 Å². The third kappa shape index (κ3) is 2.81. The van der Waals surface area contributed by atoms with Crippen molar-refractivity contribution in [3.8, 4) is 5.75 Å². The van der Waals surface area contributed by atoms with Gasteiger partial charge in [-0.05, 0) is 29.5 Å². The van der Waals surface area contributed by atoms with Crippen molar-refractivity contribution < 1.29 is 9.84 Å². The summed E-state index contributed by atoms with van der Waals surface area (Å²) in [6.07, 6.45) is 0.376. The van der Waals surface area contributed by atoms with Crippen LogP contribution in [0, 0.1) is 0 Å². The van der Waals surface area contributed by atoms with Crippen LogP contribution in [0.15, 0.2) is 48.5 Å². The average molecular weight is 282 g/mol. The molecule has 1 heterocycles. The van der Waals surface area contributed by atoms with Crippen molar-refractivity contribution in [3.63, 3.8) is 0 Å². The third-order valence-electron chi connectivity index (χ3n) is 4.33. The van der Waals surface area contributed by atoms with Gasteiger partial charge in [-0.25, -0.2) is 0 Å². The normalized spacial score (nSPS) is 19.0. The first kappa shape index (κ1) is 14.2. The van der Waals surface area contributed by atoms with Gasteiger partial charge in [-0.3, -0.25) is 0 Å². The predicted octanol–water partition coefficient (Wildman–Crippen LogP) is 4.41. The van der Waals surface area contributed by atoms with Crippen molar-refractivity contribution in [2.45, 2.75) is 38.2 Å². The first-order chi connectivity index (χ1) is 10.2. The molecule has 3 rings (SSSR count). The van der Waals surface area contributed by atoms with Gasteiger partial charge >= 0.3 is 0 Å². The van der Waals surface area contributed by atoms with E-state index >= 15 is 0 Å². The highest BCUT2D eigenvalue weighted by Crippen LogP contribution is 2.41. The van der Waals surface area contributed by atoms with Gasteiger partial charge in [-0.15, -0.1) is 0 Å². The van der Waals surface area contributed by atoms with E-state index in [0.717, 1.165) is 23.3 Å². The molecule has 2 aromatic carbocycles. The van der Waals surface area contributed by atoms with Crippen LogP contribution < -0.4 is 4.74 Å². The molecule has 0 saturated heterocycles. The minimum atomic E-state index is -0.476. The maximum atomic E-state index is 10.8. The summed E-state index contributed by atoms with van der Waals surface area (Å²) in [4.78, 5) is 0. The second-order valence-electron chi connectivity index (χ2n) is 6.05. The summed E-state index contributed by atoms with van der Waals surface area (Å²) >= 11 is 0. The molecule has 2 unspecified atom stereocenters. The number of aliphatic hydroxyl groups is 1. The number of aliphatic hydroxyl groups excluding tert-OH is 1. The van der Waals surface area contributed by atoms with Crippen molar-refractivity contribution in [2.24, 2.45) is 0 Å². The fourth-order valence-corrected chi connectivity index (χ4v) is 3.01. The van der Waals surface area contributed by atoms with Gasteiger partial charge in [0.05, 0.1) is 12.7 Å². The fraction of sp³-hybridized carbons (Fsp3) is 0.368. The van der Waals surface area contributed by atoms with E-state index in [4.69, 9.17) is 4.74 Å². The standard InChI is InChI=1S/C19H22O2/c1-13(2)14-7-9-15(10-8-14)19(20)17-11-12-21-18-6-4-3-5-16(17)18/h3-10,13,17,19-20H,11-12H2,1-2H3. The highest BCUT2D eigenvalue weighted by atomic mass is 16.5. The van der Waals surface area contributed by atoms with Gasteiger partial charge in [0.1, 0.15) is 5.75 Å². The molecule has 2 aromatic rings. The molecule has 2 heteroatoms. The lowest BCUT2D eigenvalue weighted by atomic mass is 9.84. The van der Waals surface area contributed by atoms with Gasteiger partial charge in [0, 0.05) is 11.5 Å². The maximum absolute atomic E-state index is 10.8. The minimum absolute atomic E-state index is 0.111. The summed E-state index contributed by atoms with van der Waals surface area (Å²) in [7, 11) is 0. The SMILES string of the molecule is CC(C)c1ccc(C(O)C2CCOc3ccccc32)cc1. The number of ether oxygens (including phenoxy) is 1. The molecule has 2 atom stereocenters. The number of fused-ring (bicyclic) bond motifs is 1. The molecular weight excluding hydrogens is 260 g/mol. The Kier molecular flexibility index (Phi) is 3.98. The van der Waals surface area contributed by atoms with Crippen LogP contribution in [0.25, 0.3) is 0 Å². The Morgan fingerprint density at radius 2 is 1.67 bits per heavy atom. The van der Waals surface area contributed by atoms with Crippen molar-refractivity contribution in [1.29, 1.82) is 0 Å². The summed E-state index contributed by atoms with van der Waals surface area (Å²) in [6.45, 7) is 5.03. The van der Waals surface area contributed by atoms with Crippen LogP contribution in [0.2, 0.25) is 0 Å². The van der Waals surface area contributed by atoms with Crippen LogP contribution in [0.4, 0.5) is 0 Å². The predicted molar refractivity (Wildman–Crippen MR) is 84.8 cm³/mol. The minimum Gasteiger partial charge on any atom is -0.493 e. The summed E-state index contributed by atoms with van der Waals surface area (Å²) in [5.74, 6) is 1.53. The lowest BCUT2D eigenvalue weighted by Crippen LogP contribution is -2.20. The molecule has 110 valence electrons. The number of hydrogen-bond acceptors (Lipinski definition) is 2. The Hall–Kier alpha value is -1.80. The molecule has 0 spiro atoms. The highest BCUT2D eigenvalue weighted by Gasteiger charge is 2.28. The second-order valence-corrected chi connectivity index (χ2v) is 6.05. The lowest BCUT2D eigenvalue weighted by molar-refractivity contribution is 0.117. The van der Waals surface area contributed by atoms with Crippen LogP contribution >= 0.6 is 0 Å². The molecule has 1 aliphatic rings. The van der Waals surface area contributed by atoms with Gasteiger partial charge in [0.25, 0.3) is 0 Å². The molecule has 0 fully saturated rings. The van der Waals surface area contributed by atoms with Crippen molar-refractivity contribution in [3.05, 3.63) is 65.2 Å². The highest BCUT2D eigenvalue weighted by molar-refractivity contribution is 5.40. The van der Waals surface area contributed by atoms with Gasteiger partial charge < -0.3 is 9.84 Å². The molecule has 0 amide bonds. The van der Waals surface area contributed by atoms with Crippen molar-refractivity contribution in [2.75, 3.05) is 6.61 Å². The van der Waals surface area contributed by atoms with E-state index in [1.54, 1.807) is 0 Å². The molecule has 0 bridgehead atoms. The molecule has 0 aliphatic carbocycles. The Morgan fingerprint density at radius 1 is 1.00 bits per heavy atom. The fourth-order valence-electron chi connectivity index (χ4n) is 3.01. The summed E-state index contributed by atoms with van der Waals surface area (Å²) in [5.41, 5.74) is 3.41. The zero-order valence-corrected chi connectivity index (χ0v) is 12.6. The van der Waals surface area contributed by atoms with E-state index in [0.29, 0.717) is 12.5 Å². The Morgan fingerprint density at radius 3 is 2.38 bits per heavy atom. The number of hydrogen-bond donors (Lipinski definition) is 1. The first-order valence-electron chi connectivity index (χ1n) is 7.66. The molecule has 0 aromatic heterocycles. The monoisotopic (exact) mass is 282 g/mol. The largest absolute Gasteiger partial charge is 0.493 e. The van der Waals surface area contributed by atoms with Crippen LogP contribution in [0.3, 0.4) is 0 Å². The van der Waals surface area contributed by atoms with E-state index in [1.165, 1.54) is 5.56 Å². The summed E-state index contributed by atoms with van der Waals surface area (Å²) < 4.78 is 5.68. The van der Waals surface area contributed by atoms with E-state index in [2.05, 4.69) is 44.2 Å². The van der Waals surface area contributed by atoms with Crippen LogP contribution in [0.1, 0.15) is 54.9 Å².